The van der Waals surface area contributed by atoms with E-state index in [2.05, 4.69) is 5.32 Å². The van der Waals surface area contributed by atoms with Gasteiger partial charge in [-0.1, -0.05) is 31.2 Å². The zero-order chi connectivity index (χ0) is 23.3. The maximum atomic E-state index is 12.3. The highest BCUT2D eigenvalue weighted by Gasteiger charge is 2.14. The predicted molar refractivity (Wildman–Crippen MR) is 118 cm³/mol. The molecular formula is C24H26N2O6. The van der Waals surface area contributed by atoms with E-state index in [1.54, 1.807) is 18.2 Å². The van der Waals surface area contributed by atoms with Crippen LogP contribution >= 0.6 is 0 Å². The van der Waals surface area contributed by atoms with Crippen molar-refractivity contribution in [1.82, 2.24) is 5.32 Å². The van der Waals surface area contributed by atoms with E-state index in [1.807, 2.05) is 31.2 Å². The van der Waals surface area contributed by atoms with Crippen molar-refractivity contribution in [2.24, 2.45) is 0 Å². The number of methoxy groups -OCH3 is 2. The summed E-state index contributed by atoms with van der Waals surface area (Å²) >= 11 is 0. The molecule has 0 aliphatic heterocycles. The van der Waals surface area contributed by atoms with Gasteiger partial charge in [-0.3, -0.25) is 4.79 Å². The lowest BCUT2D eigenvalue weighted by atomic mass is 10.1. The standard InChI is InChI=1S/C24H26N2O6/c1-4-18-7-5-6-8-20(18)31-16-23(27)32-21-10-9-17(14-22(21)30-3)13-19(15-25)24(28)26-11-12-29-2/h5-10,13-14H,4,11-12,16H2,1-3H3,(H,26,28)/b19-13+. The fourth-order valence-corrected chi connectivity index (χ4v) is 2.76. The molecule has 2 aromatic carbocycles. The number of para-hydroxylation sites is 1. The quantitative estimate of drug-likeness (QED) is 0.189. The van der Waals surface area contributed by atoms with E-state index < -0.39 is 11.9 Å². The Morgan fingerprint density at radius 1 is 1.09 bits per heavy atom. The molecule has 1 amide bonds. The molecule has 2 rings (SSSR count). The number of carbonyl (C=O) groups is 2. The monoisotopic (exact) mass is 438 g/mol. The SMILES string of the molecule is CCc1ccccc1OCC(=O)Oc1ccc(/C=C(\C#N)C(=O)NCCOC)cc1OC. The van der Waals surface area contributed by atoms with Crippen molar-refractivity contribution in [1.29, 1.82) is 5.26 Å². The molecule has 0 atom stereocenters. The molecule has 32 heavy (non-hydrogen) atoms. The molecule has 8 heteroatoms. The normalized spacial score (nSPS) is 10.8. The fourth-order valence-electron chi connectivity index (χ4n) is 2.76. The molecule has 0 aromatic heterocycles. The summed E-state index contributed by atoms with van der Waals surface area (Å²) in [5.41, 5.74) is 1.46. The number of hydrogen-bond acceptors (Lipinski definition) is 7. The minimum atomic E-state index is -0.590. The number of ether oxygens (including phenoxy) is 4. The summed E-state index contributed by atoms with van der Waals surface area (Å²) < 4.78 is 21.1. The molecule has 0 aliphatic rings. The van der Waals surface area contributed by atoms with E-state index >= 15 is 0 Å². The molecular weight excluding hydrogens is 412 g/mol. The minimum absolute atomic E-state index is 0.0732. The second-order valence-electron chi connectivity index (χ2n) is 6.55. The molecule has 1 N–H and O–H groups in total. The van der Waals surface area contributed by atoms with E-state index in [9.17, 15) is 14.9 Å². The van der Waals surface area contributed by atoms with Crippen molar-refractivity contribution in [2.45, 2.75) is 13.3 Å². The predicted octanol–water partition coefficient (Wildman–Crippen LogP) is 2.91. The van der Waals surface area contributed by atoms with Gasteiger partial charge in [-0.25, -0.2) is 4.79 Å². The largest absolute Gasteiger partial charge is 0.493 e. The van der Waals surface area contributed by atoms with Gasteiger partial charge < -0.3 is 24.3 Å². The van der Waals surface area contributed by atoms with Crippen LogP contribution in [0.25, 0.3) is 6.08 Å². The van der Waals surface area contributed by atoms with Crippen molar-refractivity contribution < 1.29 is 28.5 Å². The molecule has 0 heterocycles. The Hall–Kier alpha value is -3.83. The van der Waals surface area contributed by atoms with Crippen LogP contribution in [0.2, 0.25) is 0 Å². The Kier molecular flexibility index (Phi) is 9.75. The summed E-state index contributed by atoms with van der Waals surface area (Å²) in [6.07, 6.45) is 2.20. The third-order valence-corrected chi connectivity index (χ3v) is 4.38. The highest BCUT2D eigenvalue weighted by molar-refractivity contribution is 6.01. The summed E-state index contributed by atoms with van der Waals surface area (Å²) in [4.78, 5) is 24.3. The van der Waals surface area contributed by atoms with Gasteiger partial charge in [0.1, 0.15) is 17.4 Å². The first-order valence-corrected chi connectivity index (χ1v) is 10.0. The highest BCUT2D eigenvalue weighted by atomic mass is 16.6. The smallest absolute Gasteiger partial charge is 0.349 e. The lowest BCUT2D eigenvalue weighted by Crippen LogP contribution is -2.27. The van der Waals surface area contributed by atoms with Crippen LogP contribution in [0.5, 0.6) is 17.2 Å². The van der Waals surface area contributed by atoms with Crippen molar-refractivity contribution >= 4 is 18.0 Å². The Labute approximate surface area is 187 Å². The van der Waals surface area contributed by atoms with Crippen LogP contribution in [0.4, 0.5) is 0 Å². The summed E-state index contributed by atoms with van der Waals surface area (Å²) in [6, 6.07) is 14.0. The molecule has 168 valence electrons. The first-order chi connectivity index (χ1) is 15.5. The number of amides is 1. The lowest BCUT2D eigenvalue weighted by molar-refractivity contribution is -0.136. The minimum Gasteiger partial charge on any atom is -0.493 e. The number of nitriles is 1. The Morgan fingerprint density at radius 2 is 1.88 bits per heavy atom. The van der Waals surface area contributed by atoms with Crippen LogP contribution in [-0.2, 0) is 20.7 Å². The lowest BCUT2D eigenvalue weighted by Gasteiger charge is -2.12. The van der Waals surface area contributed by atoms with Gasteiger partial charge in [0.05, 0.1) is 13.7 Å². The van der Waals surface area contributed by atoms with Crippen molar-refractivity contribution in [3.8, 4) is 23.3 Å². The number of nitrogens with one attached hydrogen (secondary N) is 1. The number of benzene rings is 2. The van der Waals surface area contributed by atoms with Crippen LogP contribution < -0.4 is 19.5 Å². The second kappa shape index (κ2) is 12.8. The zero-order valence-corrected chi connectivity index (χ0v) is 18.3. The Morgan fingerprint density at radius 3 is 2.56 bits per heavy atom. The van der Waals surface area contributed by atoms with Crippen molar-refractivity contribution in [3.05, 3.63) is 59.2 Å². The van der Waals surface area contributed by atoms with Crippen LogP contribution in [-0.4, -0.2) is 45.9 Å². The van der Waals surface area contributed by atoms with Gasteiger partial charge in [0, 0.05) is 13.7 Å². The van der Waals surface area contributed by atoms with Gasteiger partial charge in [0.2, 0.25) is 0 Å². The van der Waals surface area contributed by atoms with Crippen LogP contribution in [0.15, 0.2) is 48.0 Å². The number of nitrogens with zero attached hydrogens (tertiary/aromatic N) is 1. The second-order valence-corrected chi connectivity index (χ2v) is 6.55. The summed E-state index contributed by atoms with van der Waals surface area (Å²) in [6.45, 7) is 2.37. The number of carbonyl (C=O) groups excluding carboxylic acids is 2. The van der Waals surface area contributed by atoms with Crippen LogP contribution in [0.3, 0.4) is 0 Å². The molecule has 0 aliphatic carbocycles. The number of rotatable bonds is 11. The topological polar surface area (TPSA) is 107 Å². The molecule has 0 radical (unpaired) electrons. The molecule has 0 bridgehead atoms. The fraction of sp³-hybridized carbons (Fsp3) is 0.292. The van der Waals surface area contributed by atoms with Gasteiger partial charge in [0.25, 0.3) is 5.91 Å². The van der Waals surface area contributed by atoms with E-state index in [-0.39, 0.29) is 30.2 Å². The summed E-state index contributed by atoms with van der Waals surface area (Å²) in [5, 5.41) is 11.9. The molecule has 0 fully saturated rings. The maximum Gasteiger partial charge on any atom is 0.349 e. The van der Waals surface area contributed by atoms with Crippen molar-refractivity contribution in [2.75, 3.05) is 34.0 Å². The first kappa shape index (κ1) is 24.4. The average molecular weight is 438 g/mol. The van der Waals surface area contributed by atoms with Gasteiger partial charge in [-0.2, -0.15) is 5.26 Å². The molecule has 0 saturated heterocycles. The Balaban J connectivity index is 2.07. The summed E-state index contributed by atoms with van der Waals surface area (Å²) in [5.74, 6) is 0.00620. The van der Waals surface area contributed by atoms with Gasteiger partial charge in [-0.05, 0) is 41.8 Å². The zero-order valence-electron chi connectivity index (χ0n) is 18.3. The third-order valence-electron chi connectivity index (χ3n) is 4.38. The van der Waals surface area contributed by atoms with E-state index in [1.165, 1.54) is 26.4 Å². The van der Waals surface area contributed by atoms with E-state index in [0.29, 0.717) is 17.9 Å². The van der Waals surface area contributed by atoms with E-state index in [4.69, 9.17) is 18.9 Å². The summed E-state index contributed by atoms with van der Waals surface area (Å²) in [7, 11) is 2.95. The third kappa shape index (κ3) is 7.15. The maximum absolute atomic E-state index is 12.3. The van der Waals surface area contributed by atoms with E-state index in [0.717, 1.165) is 12.0 Å². The van der Waals surface area contributed by atoms with Gasteiger partial charge >= 0.3 is 5.97 Å². The molecule has 8 nitrogen and oxygen atoms in total. The number of aryl methyl sites for hydroxylation is 1. The molecule has 0 saturated carbocycles. The number of esters is 1. The van der Waals surface area contributed by atoms with Gasteiger partial charge in [0.15, 0.2) is 18.1 Å². The average Bonchev–Trinajstić information content (AvgIpc) is 2.82. The van der Waals surface area contributed by atoms with Crippen LogP contribution in [0.1, 0.15) is 18.1 Å². The molecule has 0 spiro atoms. The van der Waals surface area contributed by atoms with Crippen molar-refractivity contribution in [3.63, 3.8) is 0 Å². The Bertz CT molecular complexity index is 1010. The van der Waals surface area contributed by atoms with Crippen LogP contribution in [0, 0.1) is 11.3 Å². The highest BCUT2D eigenvalue weighted by Crippen LogP contribution is 2.29. The molecule has 0 unspecified atom stereocenters. The van der Waals surface area contributed by atoms with Gasteiger partial charge in [-0.15, -0.1) is 0 Å². The number of hydrogen-bond donors (Lipinski definition) is 1. The molecule has 2 aromatic rings. The first-order valence-electron chi connectivity index (χ1n) is 10.0.